The number of benzene rings is 1. The first-order chi connectivity index (χ1) is 10.9. The Bertz CT molecular complexity index is 564. The number of carbonyl (C=O) groups excluding carboxylic acids is 1. The third kappa shape index (κ3) is 4.87. The van der Waals surface area contributed by atoms with E-state index in [2.05, 4.69) is 30.5 Å². The monoisotopic (exact) mass is 370 g/mol. The van der Waals surface area contributed by atoms with Crippen LogP contribution in [0.3, 0.4) is 0 Å². The molecule has 2 unspecified atom stereocenters. The minimum absolute atomic E-state index is 0. The first kappa shape index (κ1) is 19.6. The van der Waals surface area contributed by atoms with Crippen LogP contribution in [0.1, 0.15) is 51.5 Å². The predicted molar refractivity (Wildman–Crippen MR) is 102 cm³/mol. The van der Waals surface area contributed by atoms with E-state index >= 15 is 0 Å². The molecule has 5 heteroatoms. The van der Waals surface area contributed by atoms with E-state index in [0.717, 1.165) is 23.4 Å². The van der Waals surface area contributed by atoms with Gasteiger partial charge in [0.1, 0.15) is 0 Å². The van der Waals surface area contributed by atoms with Crippen LogP contribution in [0.2, 0.25) is 5.02 Å². The highest BCUT2D eigenvalue weighted by Crippen LogP contribution is 2.32. The number of rotatable bonds is 5. The fourth-order valence-electron chi connectivity index (χ4n) is 4.01. The van der Waals surface area contributed by atoms with Crippen LogP contribution in [-0.4, -0.2) is 24.5 Å². The number of fused-ring (bicyclic) bond motifs is 2. The molecule has 2 aliphatic rings. The summed E-state index contributed by atoms with van der Waals surface area (Å²) >= 11 is 6.08. The summed E-state index contributed by atoms with van der Waals surface area (Å²) in [6.07, 6.45) is 5.54. The van der Waals surface area contributed by atoms with Gasteiger partial charge in [0.15, 0.2) is 0 Å². The quantitative estimate of drug-likeness (QED) is 0.819. The molecule has 1 amide bonds. The number of halogens is 2. The van der Waals surface area contributed by atoms with Crippen molar-refractivity contribution in [2.75, 3.05) is 6.54 Å². The van der Waals surface area contributed by atoms with Gasteiger partial charge in [-0.1, -0.05) is 37.6 Å². The molecule has 0 aliphatic carbocycles. The summed E-state index contributed by atoms with van der Waals surface area (Å²) in [4.78, 5) is 12.3. The van der Waals surface area contributed by atoms with E-state index in [9.17, 15) is 4.79 Å². The molecule has 1 aromatic rings. The standard InChI is InChI=1S/C19H27ClN2O.ClH/c1-19(2,14-4-3-5-15(20)11-14)12-21-18(23)10-13-8-16-6-7-17(9-13)22-16;/h3-5,11,13,16-17,22H,6-10,12H2,1-2H3,(H,21,23);1H. The van der Waals surface area contributed by atoms with Crippen molar-refractivity contribution in [3.05, 3.63) is 34.9 Å². The maximum atomic E-state index is 12.3. The molecule has 2 fully saturated rings. The van der Waals surface area contributed by atoms with Gasteiger partial charge < -0.3 is 10.6 Å². The Balaban J connectivity index is 0.00000208. The smallest absolute Gasteiger partial charge is 0.220 e. The summed E-state index contributed by atoms with van der Waals surface area (Å²) in [7, 11) is 0. The Morgan fingerprint density at radius 2 is 1.96 bits per heavy atom. The minimum atomic E-state index is -0.117. The van der Waals surface area contributed by atoms with Crippen molar-refractivity contribution in [1.29, 1.82) is 0 Å². The van der Waals surface area contributed by atoms with E-state index in [4.69, 9.17) is 11.6 Å². The van der Waals surface area contributed by atoms with Gasteiger partial charge in [0.05, 0.1) is 0 Å². The summed E-state index contributed by atoms with van der Waals surface area (Å²) in [5.41, 5.74) is 1.04. The highest BCUT2D eigenvalue weighted by Gasteiger charge is 2.34. The predicted octanol–water partition coefficient (Wildman–Crippen LogP) is 4.08. The molecule has 2 heterocycles. The fraction of sp³-hybridized carbons (Fsp3) is 0.632. The van der Waals surface area contributed by atoms with Crippen LogP contribution < -0.4 is 10.6 Å². The van der Waals surface area contributed by atoms with Crippen LogP contribution >= 0.6 is 24.0 Å². The molecular formula is C19H28Cl2N2O. The van der Waals surface area contributed by atoms with Gasteiger partial charge in [-0.2, -0.15) is 0 Å². The molecule has 2 atom stereocenters. The van der Waals surface area contributed by atoms with Crippen molar-refractivity contribution < 1.29 is 4.79 Å². The fourth-order valence-corrected chi connectivity index (χ4v) is 4.20. The summed E-state index contributed by atoms with van der Waals surface area (Å²) in [5, 5.41) is 7.51. The van der Waals surface area contributed by atoms with Gasteiger partial charge in [-0.25, -0.2) is 0 Å². The van der Waals surface area contributed by atoms with Crippen LogP contribution in [-0.2, 0) is 10.2 Å². The van der Waals surface area contributed by atoms with Gasteiger partial charge in [-0.3, -0.25) is 4.79 Å². The maximum absolute atomic E-state index is 12.3. The largest absolute Gasteiger partial charge is 0.355 e. The Hall–Kier alpha value is -0.770. The van der Waals surface area contributed by atoms with Crippen LogP contribution in [0.4, 0.5) is 0 Å². The van der Waals surface area contributed by atoms with E-state index in [-0.39, 0.29) is 23.7 Å². The lowest BCUT2D eigenvalue weighted by molar-refractivity contribution is -0.122. The molecule has 24 heavy (non-hydrogen) atoms. The molecule has 1 aromatic carbocycles. The lowest BCUT2D eigenvalue weighted by Crippen LogP contribution is -2.41. The number of carbonyl (C=O) groups is 1. The topological polar surface area (TPSA) is 41.1 Å². The molecule has 2 N–H and O–H groups in total. The zero-order valence-electron chi connectivity index (χ0n) is 14.5. The minimum Gasteiger partial charge on any atom is -0.355 e. The molecule has 0 radical (unpaired) electrons. The van der Waals surface area contributed by atoms with Gasteiger partial charge in [0.2, 0.25) is 5.91 Å². The molecule has 0 saturated carbocycles. The third-order valence-electron chi connectivity index (χ3n) is 5.38. The molecule has 0 aromatic heterocycles. The molecule has 2 saturated heterocycles. The van der Waals surface area contributed by atoms with E-state index < -0.39 is 0 Å². The number of piperidine rings is 1. The summed E-state index contributed by atoms with van der Waals surface area (Å²) in [6.45, 7) is 4.93. The van der Waals surface area contributed by atoms with Crippen molar-refractivity contribution in [2.24, 2.45) is 5.92 Å². The second kappa shape index (κ2) is 8.07. The number of amides is 1. The van der Waals surface area contributed by atoms with Gasteiger partial charge in [0, 0.05) is 35.5 Å². The molecule has 2 bridgehead atoms. The Labute approximate surface area is 156 Å². The lowest BCUT2D eigenvalue weighted by atomic mass is 9.84. The highest BCUT2D eigenvalue weighted by molar-refractivity contribution is 6.30. The molecular weight excluding hydrogens is 343 g/mol. The molecule has 3 rings (SSSR count). The van der Waals surface area contributed by atoms with Crippen LogP contribution in [0.15, 0.2) is 24.3 Å². The molecule has 2 aliphatic heterocycles. The SMILES string of the molecule is CC(C)(CNC(=O)CC1CC2CCC(C1)N2)c1cccc(Cl)c1.Cl. The van der Waals surface area contributed by atoms with Gasteiger partial charge in [-0.05, 0) is 49.3 Å². The molecule has 3 nitrogen and oxygen atoms in total. The third-order valence-corrected chi connectivity index (χ3v) is 5.61. The van der Waals surface area contributed by atoms with Crippen LogP contribution in [0.5, 0.6) is 0 Å². The van der Waals surface area contributed by atoms with E-state index in [1.54, 1.807) is 0 Å². The van der Waals surface area contributed by atoms with Crippen molar-refractivity contribution in [2.45, 2.75) is 63.5 Å². The van der Waals surface area contributed by atoms with E-state index in [0.29, 0.717) is 31.0 Å². The van der Waals surface area contributed by atoms with E-state index in [1.807, 2.05) is 18.2 Å². The zero-order chi connectivity index (χ0) is 16.4. The molecule has 134 valence electrons. The lowest BCUT2D eigenvalue weighted by Gasteiger charge is -2.30. The molecule has 0 spiro atoms. The highest BCUT2D eigenvalue weighted by atomic mass is 35.5. The maximum Gasteiger partial charge on any atom is 0.220 e. The first-order valence-electron chi connectivity index (χ1n) is 8.71. The summed E-state index contributed by atoms with van der Waals surface area (Å²) in [6, 6.07) is 9.20. The Morgan fingerprint density at radius 3 is 2.58 bits per heavy atom. The van der Waals surface area contributed by atoms with E-state index in [1.165, 1.54) is 12.8 Å². The average molecular weight is 371 g/mol. The average Bonchev–Trinajstić information content (AvgIpc) is 2.84. The normalized spacial score (nSPS) is 25.9. The number of hydrogen-bond acceptors (Lipinski definition) is 2. The Morgan fingerprint density at radius 1 is 1.29 bits per heavy atom. The van der Waals surface area contributed by atoms with Gasteiger partial charge >= 0.3 is 0 Å². The first-order valence-corrected chi connectivity index (χ1v) is 9.09. The summed E-state index contributed by atoms with van der Waals surface area (Å²) < 4.78 is 0. The zero-order valence-corrected chi connectivity index (χ0v) is 16.1. The van der Waals surface area contributed by atoms with Crippen molar-refractivity contribution in [1.82, 2.24) is 10.6 Å². The Kier molecular flexibility index (Phi) is 6.58. The summed E-state index contributed by atoms with van der Waals surface area (Å²) in [5.74, 6) is 0.731. The van der Waals surface area contributed by atoms with Crippen LogP contribution in [0, 0.1) is 5.92 Å². The van der Waals surface area contributed by atoms with Crippen molar-refractivity contribution >= 4 is 29.9 Å². The number of hydrogen-bond donors (Lipinski definition) is 2. The van der Waals surface area contributed by atoms with Crippen molar-refractivity contribution in [3.63, 3.8) is 0 Å². The second-order valence-electron chi connectivity index (χ2n) is 7.85. The van der Waals surface area contributed by atoms with Gasteiger partial charge in [-0.15, -0.1) is 12.4 Å². The van der Waals surface area contributed by atoms with Crippen molar-refractivity contribution in [3.8, 4) is 0 Å². The number of nitrogens with one attached hydrogen (secondary N) is 2. The van der Waals surface area contributed by atoms with Gasteiger partial charge in [0.25, 0.3) is 0 Å². The second-order valence-corrected chi connectivity index (χ2v) is 8.29. The van der Waals surface area contributed by atoms with Crippen LogP contribution in [0.25, 0.3) is 0 Å².